The lowest BCUT2D eigenvalue weighted by atomic mass is 10.0. The van der Waals surface area contributed by atoms with Crippen molar-refractivity contribution in [1.82, 2.24) is 10.2 Å². The van der Waals surface area contributed by atoms with Crippen molar-refractivity contribution in [1.29, 1.82) is 0 Å². The SMILES string of the molecule is CNC(=O)[C@@H](Cc1ccccc1)N(Cc1cccc(Br)c1)C(=O)CN(c1ccc(Cl)cc1)S(=O)(=O)c1ccc(C)cc1. The van der Waals surface area contributed by atoms with Crippen molar-refractivity contribution in [3.63, 3.8) is 0 Å². The summed E-state index contributed by atoms with van der Waals surface area (Å²) in [7, 11) is -2.65. The van der Waals surface area contributed by atoms with E-state index in [-0.39, 0.29) is 29.5 Å². The van der Waals surface area contributed by atoms with E-state index >= 15 is 0 Å². The molecule has 0 aliphatic carbocycles. The first kappa shape index (κ1) is 31.3. The molecule has 4 aromatic rings. The van der Waals surface area contributed by atoms with Crippen LogP contribution >= 0.6 is 27.5 Å². The lowest BCUT2D eigenvalue weighted by molar-refractivity contribution is -0.139. The third-order valence-corrected chi connectivity index (χ3v) is 9.30. The van der Waals surface area contributed by atoms with E-state index in [9.17, 15) is 18.0 Å². The average Bonchev–Trinajstić information content (AvgIpc) is 2.98. The highest BCUT2D eigenvalue weighted by Crippen LogP contribution is 2.27. The van der Waals surface area contributed by atoms with Crippen LogP contribution in [0.25, 0.3) is 0 Å². The minimum Gasteiger partial charge on any atom is -0.357 e. The number of amides is 2. The number of sulfonamides is 1. The predicted molar refractivity (Wildman–Crippen MR) is 170 cm³/mol. The summed E-state index contributed by atoms with van der Waals surface area (Å²) < 4.78 is 29.8. The fourth-order valence-corrected chi connectivity index (χ4v) is 6.51. The van der Waals surface area contributed by atoms with E-state index in [1.165, 1.54) is 24.1 Å². The number of hydrogen-bond acceptors (Lipinski definition) is 4. The lowest BCUT2D eigenvalue weighted by Crippen LogP contribution is -2.53. The maximum absolute atomic E-state index is 14.3. The van der Waals surface area contributed by atoms with Gasteiger partial charge in [0.15, 0.2) is 0 Å². The van der Waals surface area contributed by atoms with Crippen LogP contribution in [-0.2, 0) is 32.6 Å². The Balaban J connectivity index is 1.78. The van der Waals surface area contributed by atoms with E-state index in [1.54, 1.807) is 36.4 Å². The number of nitrogens with one attached hydrogen (secondary N) is 1. The summed E-state index contributed by atoms with van der Waals surface area (Å²) >= 11 is 9.58. The molecule has 0 unspecified atom stereocenters. The van der Waals surface area contributed by atoms with Gasteiger partial charge >= 0.3 is 0 Å². The number of nitrogens with zero attached hydrogens (tertiary/aromatic N) is 2. The Kier molecular flexibility index (Phi) is 10.4. The number of benzene rings is 4. The molecule has 42 heavy (non-hydrogen) atoms. The summed E-state index contributed by atoms with van der Waals surface area (Å²) in [6, 6.07) is 28.6. The molecular formula is C32H31BrClN3O4S. The van der Waals surface area contributed by atoms with Crippen LogP contribution in [0.4, 0.5) is 5.69 Å². The third kappa shape index (κ3) is 7.79. The third-order valence-electron chi connectivity index (χ3n) is 6.76. The smallest absolute Gasteiger partial charge is 0.264 e. The number of rotatable bonds is 11. The van der Waals surface area contributed by atoms with E-state index in [0.29, 0.717) is 5.02 Å². The van der Waals surface area contributed by atoms with E-state index in [2.05, 4.69) is 21.2 Å². The van der Waals surface area contributed by atoms with Gasteiger partial charge in [-0.2, -0.15) is 0 Å². The van der Waals surface area contributed by atoms with Gasteiger partial charge in [-0.1, -0.05) is 87.7 Å². The number of halogens is 2. The van der Waals surface area contributed by atoms with Crippen molar-refractivity contribution in [3.05, 3.63) is 129 Å². The van der Waals surface area contributed by atoms with E-state index in [0.717, 1.165) is 25.5 Å². The fraction of sp³-hybridized carbons (Fsp3) is 0.188. The van der Waals surface area contributed by atoms with E-state index in [4.69, 9.17) is 11.6 Å². The van der Waals surface area contributed by atoms with Gasteiger partial charge in [-0.05, 0) is 66.6 Å². The summed E-state index contributed by atoms with van der Waals surface area (Å²) in [4.78, 5) is 29.1. The maximum Gasteiger partial charge on any atom is 0.264 e. The van der Waals surface area contributed by atoms with Crippen LogP contribution in [0.15, 0.2) is 112 Å². The molecule has 10 heteroatoms. The first-order valence-corrected chi connectivity index (χ1v) is 15.8. The quantitative estimate of drug-likeness (QED) is 0.213. The van der Waals surface area contributed by atoms with Crippen molar-refractivity contribution >= 4 is 55.1 Å². The maximum atomic E-state index is 14.3. The zero-order valence-electron chi connectivity index (χ0n) is 23.2. The second-order valence-corrected chi connectivity index (χ2v) is 13.0. The molecule has 0 spiro atoms. The predicted octanol–water partition coefficient (Wildman–Crippen LogP) is 5.99. The number of hydrogen-bond donors (Lipinski definition) is 1. The van der Waals surface area contributed by atoms with Crippen LogP contribution < -0.4 is 9.62 Å². The zero-order valence-corrected chi connectivity index (χ0v) is 26.4. The van der Waals surface area contributed by atoms with Crippen LogP contribution in [0.3, 0.4) is 0 Å². The first-order chi connectivity index (χ1) is 20.1. The standard InChI is InChI=1S/C32H31BrClN3O4S/c1-23-11-17-29(18-12-23)42(40,41)37(28-15-13-27(34)14-16-28)22-31(38)36(21-25-9-6-10-26(33)19-25)30(32(39)35-2)20-24-7-4-3-5-8-24/h3-19,30H,20-22H2,1-2H3,(H,35,39)/t30-/m1/s1. The minimum absolute atomic E-state index is 0.0431. The monoisotopic (exact) mass is 667 g/mol. The Labute approximate surface area is 260 Å². The Morgan fingerprint density at radius 2 is 1.52 bits per heavy atom. The summed E-state index contributed by atoms with van der Waals surface area (Å²) in [6.45, 7) is 1.42. The number of carbonyl (C=O) groups excluding carboxylic acids is 2. The van der Waals surface area contributed by atoms with Gasteiger partial charge in [0, 0.05) is 29.5 Å². The number of likely N-dealkylation sites (N-methyl/N-ethyl adjacent to an activating group) is 1. The van der Waals surface area contributed by atoms with Crippen molar-refractivity contribution in [2.75, 3.05) is 17.9 Å². The fourth-order valence-electron chi connectivity index (χ4n) is 4.53. The van der Waals surface area contributed by atoms with Gasteiger partial charge in [0.25, 0.3) is 10.0 Å². The lowest BCUT2D eigenvalue weighted by Gasteiger charge is -2.33. The van der Waals surface area contributed by atoms with Crippen LogP contribution in [-0.4, -0.2) is 44.8 Å². The van der Waals surface area contributed by atoms with Gasteiger partial charge in [-0.25, -0.2) is 8.42 Å². The molecule has 0 heterocycles. The molecule has 4 aromatic carbocycles. The molecule has 0 aliphatic rings. The van der Waals surface area contributed by atoms with Crippen molar-refractivity contribution < 1.29 is 18.0 Å². The summed E-state index contributed by atoms with van der Waals surface area (Å²) in [5.41, 5.74) is 2.81. The number of aryl methyl sites for hydroxylation is 1. The molecule has 1 atom stereocenters. The molecule has 218 valence electrons. The van der Waals surface area contributed by atoms with Gasteiger partial charge in [0.05, 0.1) is 10.6 Å². The highest BCUT2D eigenvalue weighted by Gasteiger charge is 2.34. The largest absolute Gasteiger partial charge is 0.357 e. The van der Waals surface area contributed by atoms with Crippen molar-refractivity contribution in [3.8, 4) is 0 Å². The highest BCUT2D eigenvalue weighted by molar-refractivity contribution is 9.10. The summed E-state index contributed by atoms with van der Waals surface area (Å²) in [5.74, 6) is -0.897. The van der Waals surface area contributed by atoms with E-state index < -0.39 is 28.5 Å². The minimum atomic E-state index is -4.17. The summed E-state index contributed by atoms with van der Waals surface area (Å²) in [5, 5.41) is 3.11. The second kappa shape index (κ2) is 14.0. The molecule has 1 N–H and O–H groups in total. The molecule has 7 nitrogen and oxygen atoms in total. The van der Waals surface area contributed by atoms with Crippen molar-refractivity contribution in [2.24, 2.45) is 0 Å². The number of anilines is 1. The second-order valence-electron chi connectivity index (χ2n) is 9.77. The summed E-state index contributed by atoms with van der Waals surface area (Å²) in [6.07, 6.45) is 0.242. The molecular weight excluding hydrogens is 638 g/mol. The Hall–Kier alpha value is -3.66. The molecule has 0 aliphatic heterocycles. The van der Waals surface area contributed by atoms with Gasteiger partial charge in [-0.3, -0.25) is 13.9 Å². The molecule has 4 rings (SSSR count). The zero-order chi connectivity index (χ0) is 30.3. The van der Waals surface area contributed by atoms with Gasteiger partial charge in [0.1, 0.15) is 12.6 Å². The highest BCUT2D eigenvalue weighted by atomic mass is 79.9. The Morgan fingerprint density at radius 3 is 2.14 bits per heavy atom. The molecule has 2 amide bonds. The van der Waals surface area contributed by atoms with Gasteiger partial charge in [0.2, 0.25) is 11.8 Å². The normalized spacial score (nSPS) is 11.9. The van der Waals surface area contributed by atoms with Gasteiger partial charge in [-0.15, -0.1) is 0 Å². The van der Waals surface area contributed by atoms with Crippen LogP contribution in [0.1, 0.15) is 16.7 Å². The van der Waals surface area contributed by atoms with Crippen LogP contribution in [0, 0.1) is 6.92 Å². The first-order valence-electron chi connectivity index (χ1n) is 13.2. The molecule has 0 fully saturated rings. The van der Waals surface area contributed by atoms with Crippen molar-refractivity contribution in [2.45, 2.75) is 30.8 Å². The number of carbonyl (C=O) groups is 2. The average molecular weight is 669 g/mol. The van der Waals surface area contributed by atoms with E-state index in [1.807, 2.05) is 61.5 Å². The molecule has 0 aromatic heterocycles. The molecule has 0 radical (unpaired) electrons. The van der Waals surface area contributed by atoms with Crippen LogP contribution in [0.5, 0.6) is 0 Å². The van der Waals surface area contributed by atoms with Gasteiger partial charge < -0.3 is 10.2 Å². The molecule has 0 bridgehead atoms. The molecule has 0 saturated carbocycles. The van der Waals surface area contributed by atoms with Crippen LogP contribution in [0.2, 0.25) is 5.02 Å². The Morgan fingerprint density at radius 1 is 0.881 bits per heavy atom. The Bertz CT molecular complexity index is 1630. The molecule has 0 saturated heterocycles. The topological polar surface area (TPSA) is 86.8 Å².